The van der Waals surface area contributed by atoms with Crippen LogP contribution in [0.25, 0.3) is 0 Å². The fraction of sp³-hybridized carbons (Fsp3) is 0.375. The number of hydrogen-bond acceptors (Lipinski definition) is 4. The molecule has 0 spiro atoms. The van der Waals surface area contributed by atoms with E-state index >= 15 is 0 Å². The molecule has 1 saturated heterocycles. The third-order valence-electron chi connectivity index (χ3n) is 2.08. The molecule has 2 rings (SSSR count). The molecule has 0 aliphatic carbocycles. The van der Waals surface area contributed by atoms with Crippen molar-refractivity contribution in [3.05, 3.63) is 17.5 Å². The zero-order valence-corrected chi connectivity index (χ0v) is 7.27. The molecule has 2 heterocycles. The van der Waals surface area contributed by atoms with E-state index in [-0.39, 0.29) is 17.4 Å². The molecule has 0 atom stereocenters. The maximum Gasteiger partial charge on any atom is 0.358 e. The molecule has 1 aliphatic rings. The van der Waals surface area contributed by atoms with Crippen LogP contribution in [0.3, 0.4) is 0 Å². The average molecular weight is 196 g/mol. The van der Waals surface area contributed by atoms with Crippen molar-refractivity contribution < 1.29 is 19.2 Å². The topological polar surface area (TPSA) is 83.6 Å². The van der Waals surface area contributed by atoms with Gasteiger partial charge in [0.1, 0.15) is 0 Å². The van der Waals surface area contributed by atoms with E-state index in [1.165, 1.54) is 0 Å². The Morgan fingerprint density at radius 1 is 1.50 bits per heavy atom. The molecule has 14 heavy (non-hydrogen) atoms. The number of carboxylic acid groups (broad SMARTS) is 1. The van der Waals surface area contributed by atoms with Gasteiger partial charge >= 0.3 is 5.97 Å². The standard InChI is InChI=1S/C8H8N2O4/c11-7(10-2-1-3-10)6-4-5(8(12)13)9-14-6/h4H,1-3H2,(H,12,13). The quantitative estimate of drug-likeness (QED) is 0.731. The second-order valence-electron chi connectivity index (χ2n) is 3.03. The van der Waals surface area contributed by atoms with Crippen LogP contribution in [-0.4, -0.2) is 40.1 Å². The van der Waals surface area contributed by atoms with Crippen molar-refractivity contribution in [3.8, 4) is 0 Å². The van der Waals surface area contributed by atoms with Crippen LogP contribution >= 0.6 is 0 Å². The molecule has 0 aromatic carbocycles. The van der Waals surface area contributed by atoms with Gasteiger partial charge in [0.05, 0.1) is 0 Å². The SMILES string of the molecule is O=C(O)c1cc(C(=O)N2CCC2)on1. The lowest BCUT2D eigenvalue weighted by molar-refractivity contribution is 0.0605. The molecule has 1 aromatic rings. The van der Waals surface area contributed by atoms with Gasteiger partial charge in [-0.15, -0.1) is 0 Å². The lowest BCUT2D eigenvalue weighted by Crippen LogP contribution is -2.41. The summed E-state index contributed by atoms with van der Waals surface area (Å²) in [4.78, 5) is 23.5. The third-order valence-corrected chi connectivity index (χ3v) is 2.08. The van der Waals surface area contributed by atoms with Crippen molar-refractivity contribution in [2.24, 2.45) is 0 Å². The molecule has 6 heteroatoms. The Bertz CT molecular complexity index is 380. The molecule has 1 aromatic heterocycles. The molecule has 1 aliphatic heterocycles. The molecule has 74 valence electrons. The van der Waals surface area contributed by atoms with Gasteiger partial charge in [0, 0.05) is 19.2 Å². The first-order valence-electron chi connectivity index (χ1n) is 4.18. The summed E-state index contributed by atoms with van der Waals surface area (Å²) in [6.07, 6.45) is 0.978. The van der Waals surface area contributed by atoms with Crippen molar-refractivity contribution in [2.45, 2.75) is 6.42 Å². The van der Waals surface area contributed by atoms with Crippen molar-refractivity contribution in [3.63, 3.8) is 0 Å². The Kier molecular flexibility index (Phi) is 1.95. The lowest BCUT2D eigenvalue weighted by Gasteiger charge is -2.29. The number of aromatic carboxylic acids is 1. The average Bonchev–Trinajstić information content (AvgIpc) is 2.48. The smallest absolute Gasteiger partial charge is 0.358 e. The van der Waals surface area contributed by atoms with E-state index < -0.39 is 5.97 Å². The van der Waals surface area contributed by atoms with Gasteiger partial charge in [0.25, 0.3) is 5.91 Å². The van der Waals surface area contributed by atoms with Crippen LogP contribution < -0.4 is 0 Å². The summed E-state index contributed by atoms with van der Waals surface area (Å²) in [5, 5.41) is 11.8. The van der Waals surface area contributed by atoms with Crippen molar-refractivity contribution >= 4 is 11.9 Å². The summed E-state index contributed by atoms with van der Waals surface area (Å²) < 4.78 is 4.62. The number of aromatic nitrogens is 1. The van der Waals surface area contributed by atoms with Crippen LogP contribution in [0.15, 0.2) is 10.6 Å². The Labute approximate surface area is 79.1 Å². The molecule has 1 amide bonds. The molecule has 1 fully saturated rings. The Hall–Kier alpha value is -1.85. The molecular formula is C8H8N2O4. The van der Waals surface area contributed by atoms with Crippen LogP contribution in [0.1, 0.15) is 27.5 Å². The van der Waals surface area contributed by atoms with Crippen LogP contribution in [0, 0.1) is 0 Å². The molecular weight excluding hydrogens is 188 g/mol. The van der Waals surface area contributed by atoms with Gasteiger partial charge in [-0.05, 0) is 6.42 Å². The van der Waals surface area contributed by atoms with Crippen LogP contribution in [0.4, 0.5) is 0 Å². The summed E-state index contributed by atoms with van der Waals surface area (Å²) in [6, 6.07) is 1.14. The van der Waals surface area contributed by atoms with Crippen LogP contribution in [0.5, 0.6) is 0 Å². The fourth-order valence-corrected chi connectivity index (χ4v) is 1.15. The maximum atomic E-state index is 11.5. The van der Waals surface area contributed by atoms with Gasteiger partial charge in [-0.3, -0.25) is 4.79 Å². The number of amides is 1. The highest BCUT2D eigenvalue weighted by Crippen LogP contribution is 2.13. The van der Waals surface area contributed by atoms with E-state index in [1.807, 2.05) is 0 Å². The van der Waals surface area contributed by atoms with E-state index in [0.717, 1.165) is 12.5 Å². The van der Waals surface area contributed by atoms with Gasteiger partial charge in [-0.25, -0.2) is 4.79 Å². The number of carbonyl (C=O) groups excluding carboxylic acids is 1. The van der Waals surface area contributed by atoms with Gasteiger partial charge < -0.3 is 14.5 Å². The summed E-state index contributed by atoms with van der Waals surface area (Å²) in [5.74, 6) is -1.50. The van der Waals surface area contributed by atoms with Crippen LogP contribution in [0.2, 0.25) is 0 Å². The minimum absolute atomic E-state index is 0.0119. The first-order chi connectivity index (χ1) is 6.68. The minimum Gasteiger partial charge on any atom is -0.476 e. The summed E-state index contributed by atoms with van der Waals surface area (Å²) >= 11 is 0. The third kappa shape index (κ3) is 1.34. The Balaban J connectivity index is 2.15. The van der Waals surface area contributed by atoms with Crippen molar-refractivity contribution in [1.82, 2.24) is 10.1 Å². The Morgan fingerprint density at radius 3 is 2.64 bits per heavy atom. The summed E-state index contributed by atoms with van der Waals surface area (Å²) in [5.41, 5.74) is -0.242. The number of hydrogen-bond donors (Lipinski definition) is 1. The normalized spacial score (nSPS) is 15.0. The highest BCUT2D eigenvalue weighted by Gasteiger charge is 2.25. The first-order valence-corrected chi connectivity index (χ1v) is 4.18. The molecule has 0 unspecified atom stereocenters. The highest BCUT2D eigenvalue weighted by molar-refractivity contribution is 5.94. The number of nitrogens with zero attached hydrogens (tertiary/aromatic N) is 2. The molecule has 1 N–H and O–H groups in total. The molecule has 6 nitrogen and oxygen atoms in total. The van der Waals surface area contributed by atoms with Crippen LogP contribution in [-0.2, 0) is 0 Å². The number of likely N-dealkylation sites (tertiary alicyclic amines) is 1. The zero-order valence-electron chi connectivity index (χ0n) is 7.27. The van der Waals surface area contributed by atoms with Gasteiger partial charge in [0.2, 0.25) is 5.76 Å². The molecule has 0 bridgehead atoms. The lowest BCUT2D eigenvalue weighted by atomic mass is 10.2. The highest BCUT2D eigenvalue weighted by atomic mass is 16.5. The largest absolute Gasteiger partial charge is 0.476 e. The second kappa shape index (κ2) is 3.13. The summed E-state index contributed by atoms with van der Waals surface area (Å²) in [6.45, 7) is 1.39. The number of carbonyl (C=O) groups is 2. The summed E-state index contributed by atoms with van der Waals surface area (Å²) in [7, 11) is 0. The second-order valence-corrected chi connectivity index (χ2v) is 3.03. The predicted octanol–water partition coefficient (Wildman–Crippen LogP) is 0.219. The number of rotatable bonds is 2. The molecule has 0 saturated carbocycles. The van der Waals surface area contributed by atoms with Gasteiger partial charge in [0.15, 0.2) is 5.69 Å². The Morgan fingerprint density at radius 2 is 2.21 bits per heavy atom. The van der Waals surface area contributed by atoms with E-state index in [1.54, 1.807) is 4.90 Å². The maximum absolute atomic E-state index is 11.5. The van der Waals surface area contributed by atoms with Crippen molar-refractivity contribution in [1.29, 1.82) is 0 Å². The fourth-order valence-electron chi connectivity index (χ4n) is 1.15. The van der Waals surface area contributed by atoms with Crippen molar-refractivity contribution in [2.75, 3.05) is 13.1 Å². The van der Waals surface area contributed by atoms with E-state index in [4.69, 9.17) is 5.11 Å². The van der Waals surface area contributed by atoms with E-state index in [9.17, 15) is 9.59 Å². The molecule has 0 radical (unpaired) electrons. The van der Waals surface area contributed by atoms with Gasteiger partial charge in [-0.2, -0.15) is 0 Å². The van der Waals surface area contributed by atoms with E-state index in [2.05, 4.69) is 9.68 Å². The zero-order chi connectivity index (χ0) is 10.1. The van der Waals surface area contributed by atoms with Gasteiger partial charge in [-0.1, -0.05) is 5.16 Å². The predicted molar refractivity (Wildman–Crippen MR) is 44.0 cm³/mol. The number of carboxylic acids is 1. The van der Waals surface area contributed by atoms with E-state index in [0.29, 0.717) is 13.1 Å². The monoisotopic (exact) mass is 196 g/mol. The first kappa shape index (κ1) is 8.74. The minimum atomic E-state index is -1.20.